The molecular formula is C60H46N2. The van der Waals surface area contributed by atoms with E-state index in [1.165, 1.54) is 88.6 Å². The molecule has 1 aromatic heterocycles. The van der Waals surface area contributed by atoms with Gasteiger partial charge >= 0.3 is 0 Å². The van der Waals surface area contributed by atoms with E-state index < -0.39 is 0 Å². The lowest BCUT2D eigenvalue weighted by atomic mass is 9.82. The van der Waals surface area contributed by atoms with Crippen molar-refractivity contribution in [1.82, 2.24) is 4.57 Å². The van der Waals surface area contributed by atoms with Crippen molar-refractivity contribution in [1.29, 1.82) is 0 Å². The second-order valence-corrected chi connectivity index (χ2v) is 18.1. The second-order valence-electron chi connectivity index (χ2n) is 18.1. The van der Waals surface area contributed by atoms with E-state index in [2.05, 4.69) is 243 Å². The predicted octanol–water partition coefficient (Wildman–Crippen LogP) is 16.2. The number of hydrogen-bond acceptors (Lipinski definition) is 1. The summed E-state index contributed by atoms with van der Waals surface area (Å²) in [5.74, 6) is 0. The van der Waals surface area contributed by atoms with E-state index in [0.717, 1.165) is 22.7 Å². The normalized spacial score (nSPS) is 14.1. The fraction of sp³-hybridized carbons (Fsp3) is 0.100. The van der Waals surface area contributed by atoms with Gasteiger partial charge in [-0.15, -0.1) is 0 Å². The van der Waals surface area contributed by atoms with E-state index in [1.807, 2.05) is 0 Å². The summed E-state index contributed by atoms with van der Waals surface area (Å²) in [6.07, 6.45) is 0. The third-order valence-corrected chi connectivity index (χ3v) is 14.0. The smallest absolute Gasteiger partial charge is 0.0562 e. The molecule has 0 aliphatic heterocycles. The highest BCUT2D eigenvalue weighted by molar-refractivity contribution is 6.17. The lowest BCUT2D eigenvalue weighted by Crippen LogP contribution is -2.15. The Kier molecular flexibility index (Phi) is 7.96. The first-order valence-corrected chi connectivity index (χ1v) is 21.9. The average molecular weight is 795 g/mol. The lowest BCUT2D eigenvalue weighted by molar-refractivity contribution is 0.660. The summed E-state index contributed by atoms with van der Waals surface area (Å²) in [5.41, 5.74) is 22.3. The number of benzene rings is 9. The molecular weight excluding hydrogens is 749 g/mol. The van der Waals surface area contributed by atoms with Gasteiger partial charge in [0.2, 0.25) is 0 Å². The van der Waals surface area contributed by atoms with E-state index in [9.17, 15) is 0 Å². The number of anilines is 3. The molecule has 0 atom stereocenters. The number of hydrogen-bond donors (Lipinski definition) is 0. The third-order valence-electron chi connectivity index (χ3n) is 14.0. The SMILES string of the molecule is CC1(C)c2ccccc2-c2cc(-c3ccccc3N(c3ccccc3-c3cccc4c3-c3ccccc3C4(C)C)c3cccc4c3c3ccccc3n4-c3ccccc3)ccc21. The number of nitrogens with zero attached hydrogens (tertiary/aromatic N) is 2. The maximum Gasteiger partial charge on any atom is 0.0562 e. The van der Waals surface area contributed by atoms with Gasteiger partial charge in [-0.1, -0.05) is 185 Å². The zero-order valence-electron chi connectivity index (χ0n) is 35.5. The van der Waals surface area contributed by atoms with Crippen molar-refractivity contribution in [3.63, 3.8) is 0 Å². The summed E-state index contributed by atoms with van der Waals surface area (Å²) >= 11 is 0. The zero-order chi connectivity index (χ0) is 41.7. The zero-order valence-corrected chi connectivity index (χ0v) is 35.5. The number of aromatic nitrogens is 1. The first-order valence-electron chi connectivity index (χ1n) is 21.9. The van der Waals surface area contributed by atoms with Crippen molar-refractivity contribution >= 4 is 38.9 Å². The molecule has 2 aliphatic rings. The maximum absolute atomic E-state index is 2.56. The van der Waals surface area contributed by atoms with Crippen LogP contribution >= 0.6 is 0 Å². The summed E-state index contributed by atoms with van der Waals surface area (Å²) in [6, 6.07) is 76.6. The minimum Gasteiger partial charge on any atom is -0.309 e. The molecule has 2 aliphatic carbocycles. The fourth-order valence-electron chi connectivity index (χ4n) is 11.1. The maximum atomic E-state index is 2.56. The average Bonchev–Trinajstić information content (AvgIpc) is 3.87. The van der Waals surface area contributed by atoms with Crippen LogP contribution in [0.5, 0.6) is 0 Å². The number of para-hydroxylation sites is 4. The van der Waals surface area contributed by atoms with E-state index >= 15 is 0 Å². The van der Waals surface area contributed by atoms with Crippen LogP contribution < -0.4 is 4.90 Å². The molecule has 62 heavy (non-hydrogen) atoms. The van der Waals surface area contributed by atoms with Gasteiger partial charge in [0.1, 0.15) is 0 Å². The molecule has 9 aromatic carbocycles. The monoisotopic (exact) mass is 794 g/mol. The molecule has 2 nitrogen and oxygen atoms in total. The first kappa shape index (κ1) is 36.4. The molecule has 10 aromatic rings. The molecule has 0 bridgehead atoms. The molecule has 1 heterocycles. The minimum absolute atomic E-state index is 0.0688. The van der Waals surface area contributed by atoms with Gasteiger partial charge in [0.25, 0.3) is 0 Å². The highest BCUT2D eigenvalue weighted by atomic mass is 15.2. The highest BCUT2D eigenvalue weighted by Crippen LogP contribution is 2.56. The van der Waals surface area contributed by atoms with Gasteiger partial charge in [-0.25, -0.2) is 0 Å². The van der Waals surface area contributed by atoms with Crippen molar-refractivity contribution in [3.8, 4) is 50.2 Å². The Bertz CT molecular complexity index is 3420. The van der Waals surface area contributed by atoms with Crippen LogP contribution in [0.1, 0.15) is 49.9 Å². The summed E-state index contributed by atoms with van der Waals surface area (Å²) in [5, 5.41) is 2.43. The van der Waals surface area contributed by atoms with Gasteiger partial charge in [-0.3, -0.25) is 0 Å². The predicted molar refractivity (Wildman–Crippen MR) is 261 cm³/mol. The second kappa shape index (κ2) is 13.5. The molecule has 0 radical (unpaired) electrons. The molecule has 0 unspecified atom stereocenters. The Labute approximate surface area is 364 Å². The summed E-state index contributed by atoms with van der Waals surface area (Å²) in [4.78, 5) is 2.56. The van der Waals surface area contributed by atoms with Gasteiger partial charge in [-0.2, -0.15) is 0 Å². The van der Waals surface area contributed by atoms with Gasteiger partial charge in [0.05, 0.1) is 28.1 Å². The molecule has 0 fully saturated rings. The molecule has 0 spiro atoms. The van der Waals surface area contributed by atoms with Crippen molar-refractivity contribution < 1.29 is 0 Å². The third kappa shape index (κ3) is 5.16. The van der Waals surface area contributed by atoms with Crippen LogP contribution in [0.3, 0.4) is 0 Å². The van der Waals surface area contributed by atoms with Crippen LogP contribution in [0, 0.1) is 0 Å². The Balaban J connectivity index is 1.16. The summed E-state index contributed by atoms with van der Waals surface area (Å²) in [7, 11) is 0. The molecule has 12 rings (SSSR count). The largest absolute Gasteiger partial charge is 0.309 e. The molecule has 0 saturated carbocycles. The molecule has 0 saturated heterocycles. The lowest BCUT2D eigenvalue weighted by Gasteiger charge is -2.31. The molecule has 296 valence electrons. The van der Waals surface area contributed by atoms with E-state index in [1.54, 1.807) is 0 Å². The Hall–Kier alpha value is -7.42. The van der Waals surface area contributed by atoms with Crippen LogP contribution in [-0.4, -0.2) is 4.57 Å². The molecule has 0 amide bonds. The van der Waals surface area contributed by atoms with Crippen LogP contribution in [0.25, 0.3) is 72.0 Å². The quantitative estimate of drug-likeness (QED) is 0.163. The Morgan fingerprint density at radius 1 is 0.355 bits per heavy atom. The number of fused-ring (bicyclic) bond motifs is 9. The van der Waals surface area contributed by atoms with Gasteiger partial charge in [0, 0.05) is 38.4 Å². The molecule has 0 N–H and O–H groups in total. The van der Waals surface area contributed by atoms with E-state index in [0.29, 0.717) is 0 Å². The van der Waals surface area contributed by atoms with Crippen LogP contribution in [0.2, 0.25) is 0 Å². The Morgan fingerprint density at radius 3 is 1.66 bits per heavy atom. The summed E-state index contributed by atoms with van der Waals surface area (Å²) in [6.45, 7) is 9.46. The van der Waals surface area contributed by atoms with Crippen molar-refractivity contribution in [2.24, 2.45) is 0 Å². The van der Waals surface area contributed by atoms with Crippen molar-refractivity contribution in [2.75, 3.05) is 4.90 Å². The fourth-order valence-corrected chi connectivity index (χ4v) is 11.1. The number of rotatable bonds is 6. The first-order chi connectivity index (χ1) is 30.3. The van der Waals surface area contributed by atoms with E-state index in [-0.39, 0.29) is 10.8 Å². The van der Waals surface area contributed by atoms with Crippen molar-refractivity contribution in [2.45, 2.75) is 38.5 Å². The van der Waals surface area contributed by atoms with Gasteiger partial charge in [-0.05, 0) is 104 Å². The van der Waals surface area contributed by atoms with Crippen LogP contribution in [0.15, 0.2) is 206 Å². The van der Waals surface area contributed by atoms with Gasteiger partial charge < -0.3 is 9.47 Å². The van der Waals surface area contributed by atoms with Crippen molar-refractivity contribution in [3.05, 3.63) is 229 Å². The topological polar surface area (TPSA) is 8.17 Å². The highest BCUT2D eigenvalue weighted by Gasteiger charge is 2.38. The standard InChI is InChI=1S/C60H46N2/c1-59(2)48-28-13-8-23-42(48)47-38-39(36-37-50(47)59)41-22-10-15-31-52(41)62(56-35-19-34-55-58(56)46-26-12-17-33-54(46)61(55)40-20-6-5-7-21-40)53-32-16-11-24-43(53)44-27-18-30-51-57(44)45-25-9-14-29-49(45)60(51,3)4/h5-38H,1-4H3. The molecule has 2 heteroatoms. The van der Waals surface area contributed by atoms with Crippen LogP contribution in [0.4, 0.5) is 17.1 Å². The Morgan fingerprint density at radius 2 is 0.871 bits per heavy atom. The summed E-state index contributed by atoms with van der Waals surface area (Å²) < 4.78 is 2.42. The van der Waals surface area contributed by atoms with Gasteiger partial charge in [0.15, 0.2) is 0 Å². The minimum atomic E-state index is -0.116. The van der Waals surface area contributed by atoms with Crippen LogP contribution in [-0.2, 0) is 10.8 Å². The van der Waals surface area contributed by atoms with E-state index in [4.69, 9.17) is 0 Å².